The Hall–Kier alpha value is -1.02. The van der Waals surface area contributed by atoms with Crippen LogP contribution in [0.1, 0.15) is 24.0 Å². The molecule has 0 unspecified atom stereocenters. The number of rotatable bonds is 0. The number of phenolic OH excluding ortho intramolecular Hbond substituents is 1. The minimum atomic E-state index is 0.382. The Balaban J connectivity index is 2.00. The summed E-state index contributed by atoms with van der Waals surface area (Å²) in [6.45, 7) is 0.920. The fourth-order valence-electron chi connectivity index (χ4n) is 2.16. The lowest BCUT2D eigenvalue weighted by atomic mass is 9.94. The SMILES string of the molecule is Oc1ccc2c(c1)CNC1(CC1)C2. The molecule has 1 aliphatic heterocycles. The van der Waals surface area contributed by atoms with Gasteiger partial charge in [0.2, 0.25) is 0 Å². The monoisotopic (exact) mass is 175 g/mol. The van der Waals surface area contributed by atoms with Crippen LogP contribution in [-0.4, -0.2) is 10.6 Å². The van der Waals surface area contributed by atoms with Crippen molar-refractivity contribution in [3.8, 4) is 5.75 Å². The Morgan fingerprint density at radius 1 is 1.23 bits per heavy atom. The van der Waals surface area contributed by atoms with Crippen LogP contribution in [0.2, 0.25) is 0 Å². The zero-order valence-electron chi connectivity index (χ0n) is 7.51. The van der Waals surface area contributed by atoms with E-state index < -0.39 is 0 Å². The molecule has 0 amide bonds. The van der Waals surface area contributed by atoms with Crippen molar-refractivity contribution in [1.29, 1.82) is 0 Å². The molecule has 2 aliphatic rings. The molecule has 1 saturated carbocycles. The number of aromatic hydroxyl groups is 1. The molecule has 0 saturated heterocycles. The van der Waals surface area contributed by atoms with Crippen LogP contribution < -0.4 is 5.32 Å². The zero-order chi connectivity index (χ0) is 8.89. The van der Waals surface area contributed by atoms with Gasteiger partial charge in [0, 0.05) is 12.1 Å². The average Bonchev–Trinajstić information content (AvgIpc) is 2.87. The van der Waals surface area contributed by atoms with E-state index in [1.807, 2.05) is 6.07 Å². The van der Waals surface area contributed by atoms with Crippen LogP contribution >= 0.6 is 0 Å². The van der Waals surface area contributed by atoms with E-state index in [-0.39, 0.29) is 0 Å². The van der Waals surface area contributed by atoms with Gasteiger partial charge in [-0.3, -0.25) is 0 Å². The van der Waals surface area contributed by atoms with Crippen molar-refractivity contribution in [3.63, 3.8) is 0 Å². The van der Waals surface area contributed by atoms with E-state index in [0.717, 1.165) is 13.0 Å². The largest absolute Gasteiger partial charge is 0.508 e. The highest BCUT2D eigenvalue weighted by atomic mass is 16.3. The predicted molar refractivity (Wildman–Crippen MR) is 50.6 cm³/mol. The number of benzene rings is 1. The second kappa shape index (κ2) is 2.26. The highest BCUT2D eigenvalue weighted by Gasteiger charge is 2.44. The van der Waals surface area contributed by atoms with Gasteiger partial charge in [-0.2, -0.15) is 0 Å². The van der Waals surface area contributed by atoms with Crippen LogP contribution in [0.5, 0.6) is 5.75 Å². The average molecular weight is 175 g/mol. The van der Waals surface area contributed by atoms with Gasteiger partial charge >= 0.3 is 0 Å². The van der Waals surface area contributed by atoms with E-state index in [1.165, 1.54) is 24.0 Å². The minimum absolute atomic E-state index is 0.382. The summed E-state index contributed by atoms with van der Waals surface area (Å²) < 4.78 is 0. The van der Waals surface area contributed by atoms with E-state index in [0.29, 0.717) is 11.3 Å². The lowest BCUT2D eigenvalue weighted by Gasteiger charge is -2.25. The molecule has 3 rings (SSSR count). The van der Waals surface area contributed by atoms with Crippen LogP contribution in [0.15, 0.2) is 18.2 Å². The van der Waals surface area contributed by atoms with Crippen molar-refractivity contribution < 1.29 is 5.11 Å². The first-order chi connectivity index (χ1) is 6.27. The lowest BCUT2D eigenvalue weighted by molar-refractivity contribution is 0.451. The smallest absolute Gasteiger partial charge is 0.115 e. The summed E-state index contributed by atoms with van der Waals surface area (Å²) in [4.78, 5) is 0. The maximum atomic E-state index is 9.31. The van der Waals surface area contributed by atoms with E-state index in [4.69, 9.17) is 0 Å². The standard InChI is InChI=1S/C11H13NO/c13-10-2-1-8-6-11(3-4-11)12-7-9(8)5-10/h1-2,5,12-13H,3-4,6-7H2. The molecule has 1 aromatic carbocycles. The van der Waals surface area contributed by atoms with Crippen LogP contribution in [-0.2, 0) is 13.0 Å². The van der Waals surface area contributed by atoms with Gasteiger partial charge in [-0.05, 0) is 42.5 Å². The van der Waals surface area contributed by atoms with Crippen molar-refractivity contribution in [2.45, 2.75) is 31.3 Å². The van der Waals surface area contributed by atoms with Gasteiger partial charge < -0.3 is 10.4 Å². The van der Waals surface area contributed by atoms with Gasteiger partial charge in [0.25, 0.3) is 0 Å². The van der Waals surface area contributed by atoms with Gasteiger partial charge in [0.15, 0.2) is 0 Å². The van der Waals surface area contributed by atoms with Gasteiger partial charge in [-0.15, -0.1) is 0 Å². The summed E-state index contributed by atoms with van der Waals surface area (Å²) in [7, 11) is 0. The fraction of sp³-hybridized carbons (Fsp3) is 0.455. The molecule has 1 spiro atoms. The molecule has 0 aromatic heterocycles. The quantitative estimate of drug-likeness (QED) is 0.627. The summed E-state index contributed by atoms with van der Waals surface area (Å²) in [6, 6.07) is 5.73. The number of phenols is 1. The van der Waals surface area contributed by atoms with Gasteiger partial charge in [0.1, 0.15) is 5.75 Å². The molecule has 2 heteroatoms. The molecular weight excluding hydrogens is 162 g/mol. The number of fused-ring (bicyclic) bond motifs is 1. The van der Waals surface area contributed by atoms with Gasteiger partial charge in [-0.25, -0.2) is 0 Å². The molecule has 2 N–H and O–H groups in total. The minimum Gasteiger partial charge on any atom is -0.508 e. The maximum absolute atomic E-state index is 9.31. The Labute approximate surface area is 77.6 Å². The van der Waals surface area contributed by atoms with Crippen molar-refractivity contribution in [2.75, 3.05) is 0 Å². The normalized spacial score (nSPS) is 22.8. The Morgan fingerprint density at radius 3 is 2.85 bits per heavy atom. The van der Waals surface area contributed by atoms with E-state index in [9.17, 15) is 5.11 Å². The van der Waals surface area contributed by atoms with Gasteiger partial charge in [-0.1, -0.05) is 6.07 Å². The third-order valence-electron chi connectivity index (χ3n) is 3.23. The number of hydrogen-bond acceptors (Lipinski definition) is 2. The van der Waals surface area contributed by atoms with Crippen LogP contribution in [0.4, 0.5) is 0 Å². The maximum Gasteiger partial charge on any atom is 0.115 e. The first-order valence-electron chi connectivity index (χ1n) is 4.83. The predicted octanol–water partition coefficient (Wildman–Crippen LogP) is 1.57. The van der Waals surface area contributed by atoms with Crippen LogP contribution in [0.3, 0.4) is 0 Å². The van der Waals surface area contributed by atoms with E-state index >= 15 is 0 Å². The molecule has 1 heterocycles. The third-order valence-corrected chi connectivity index (χ3v) is 3.23. The Bertz CT molecular complexity index is 355. The number of nitrogens with one attached hydrogen (secondary N) is 1. The molecule has 68 valence electrons. The Kier molecular flexibility index (Phi) is 1.29. The van der Waals surface area contributed by atoms with Crippen molar-refractivity contribution in [1.82, 2.24) is 5.32 Å². The summed E-state index contributed by atoms with van der Waals surface area (Å²) in [5.74, 6) is 0.382. The topological polar surface area (TPSA) is 32.3 Å². The van der Waals surface area contributed by atoms with Crippen molar-refractivity contribution in [3.05, 3.63) is 29.3 Å². The second-order valence-corrected chi connectivity index (χ2v) is 4.26. The first-order valence-corrected chi connectivity index (χ1v) is 4.83. The fourth-order valence-corrected chi connectivity index (χ4v) is 2.16. The van der Waals surface area contributed by atoms with E-state index in [2.05, 4.69) is 11.4 Å². The molecule has 0 atom stereocenters. The molecule has 1 fully saturated rings. The summed E-state index contributed by atoms with van der Waals surface area (Å²) in [5, 5.41) is 12.8. The van der Waals surface area contributed by atoms with Crippen molar-refractivity contribution >= 4 is 0 Å². The van der Waals surface area contributed by atoms with Gasteiger partial charge in [0.05, 0.1) is 0 Å². The molecular formula is C11H13NO. The lowest BCUT2D eigenvalue weighted by Crippen LogP contribution is -2.37. The van der Waals surface area contributed by atoms with Crippen LogP contribution in [0.25, 0.3) is 0 Å². The summed E-state index contributed by atoms with van der Waals surface area (Å²) >= 11 is 0. The second-order valence-electron chi connectivity index (χ2n) is 4.26. The molecule has 0 bridgehead atoms. The third kappa shape index (κ3) is 1.13. The van der Waals surface area contributed by atoms with Crippen molar-refractivity contribution in [2.24, 2.45) is 0 Å². The molecule has 0 radical (unpaired) electrons. The molecule has 1 aromatic rings. The molecule has 13 heavy (non-hydrogen) atoms. The highest BCUT2D eigenvalue weighted by molar-refractivity contribution is 5.39. The summed E-state index contributed by atoms with van der Waals surface area (Å²) in [5.41, 5.74) is 3.11. The van der Waals surface area contributed by atoms with E-state index in [1.54, 1.807) is 6.07 Å². The molecule has 1 aliphatic carbocycles. The summed E-state index contributed by atoms with van der Waals surface area (Å²) in [6.07, 6.45) is 3.77. The Morgan fingerprint density at radius 2 is 2.08 bits per heavy atom. The molecule has 2 nitrogen and oxygen atoms in total. The highest BCUT2D eigenvalue weighted by Crippen LogP contribution is 2.42. The first kappa shape index (κ1) is 7.39. The number of hydrogen-bond donors (Lipinski definition) is 2. The van der Waals surface area contributed by atoms with Crippen LogP contribution in [0, 0.1) is 0 Å². The zero-order valence-corrected chi connectivity index (χ0v) is 7.51.